The Kier molecular flexibility index (Phi) is 2.23. The minimum atomic E-state index is -2.50. The Labute approximate surface area is 83.0 Å². The molecule has 0 fully saturated rings. The first kappa shape index (κ1) is 9.52. The molecule has 2 aromatic rings. The van der Waals surface area contributed by atoms with Crippen LogP contribution in [0.2, 0.25) is 0 Å². The molecule has 0 unspecified atom stereocenters. The molecule has 0 aliphatic rings. The third-order valence-corrected chi connectivity index (χ3v) is 3.11. The number of thiophene rings is 1. The minimum absolute atomic E-state index is 0.0182. The fourth-order valence-electron chi connectivity index (χ4n) is 1.47. The van der Waals surface area contributed by atoms with Crippen molar-refractivity contribution in [1.82, 2.24) is 0 Å². The van der Waals surface area contributed by atoms with E-state index in [0.717, 1.165) is 11.3 Å². The second-order valence-corrected chi connectivity index (χ2v) is 4.08. The Morgan fingerprint density at radius 2 is 2.00 bits per heavy atom. The molecule has 2 rings (SSSR count). The number of rotatable bonds is 1. The van der Waals surface area contributed by atoms with Crippen LogP contribution >= 0.6 is 11.3 Å². The summed E-state index contributed by atoms with van der Waals surface area (Å²) in [6.07, 6.45) is -2.50. The number of alkyl halides is 2. The van der Waals surface area contributed by atoms with Gasteiger partial charge in [-0.1, -0.05) is 6.07 Å². The van der Waals surface area contributed by atoms with E-state index < -0.39 is 6.43 Å². The van der Waals surface area contributed by atoms with Crippen LogP contribution in [0.15, 0.2) is 18.2 Å². The standard InChI is InChI=1S/C10H7F3S/c1-5-6(10(12)13)2-3-8-7(5)4-9(11)14-8/h2-4,10H,1H3. The van der Waals surface area contributed by atoms with Crippen molar-refractivity contribution >= 4 is 21.4 Å². The summed E-state index contributed by atoms with van der Waals surface area (Å²) in [5.41, 5.74) is 0.452. The number of hydrogen-bond acceptors (Lipinski definition) is 1. The van der Waals surface area contributed by atoms with Gasteiger partial charge in [0.05, 0.1) is 0 Å². The van der Waals surface area contributed by atoms with Gasteiger partial charge in [-0.3, -0.25) is 0 Å². The molecule has 14 heavy (non-hydrogen) atoms. The lowest BCUT2D eigenvalue weighted by Gasteiger charge is -2.04. The van der Waals surface area contributed by atoms with E-state index in [-0.39, 0.29) is 10.7 Å². The fourth-order valence-corrected chi connectivity index (χ4v) is 2.32. The molecule has 0 amide bonds. The second-order valence-electron chi connectivity index (χ2n) is 3.04. The first-order valence-corrected chi connectivity index (χ1v) is 4.88. The summed E-state index contributed by atoms with van der Waals surface area (Å²) in [6.45, 7) is 1.59. The summed E-state index contributed by atoms with van der Waals surface area (Å²) >= 11 is 0.975. The number of fused-ring (bicyclic) bond motifs is 1. The SMILES string of the molecule is Cc1c(C(F)F)ccc2sc(F)cc12. The fraction of sp³-hybridized carbons (Fsp3) is 0.200. The van der Waals surface area contributed by atoms with Crippen LogP contribution in [0.1, 0.15) is 17.6 Å². The van der Waals surface area contributed by atoms with Crippen LogP contribution in [0.4, 0.5) is 13.2 Å². The van der Waals surface area contributed by atoms with Gasteiger partial charge in [-0.05, 0) is 30.0 Å². The highest BCUT2D eigenvalue weighted by atomic mass is 32.1. The summed E-state index contributed by atoms with van der Waals surface area (Å²) < 4.78 is 38.5. The van der Waals surface area contributed by atoms with Gasteiger partial charge in [0.1, 0.15) is 0 Å². The van der Waals surface area contributed by atoms with Crippen LogP contribution in [0.5, 0.6) is 0 Å². The lowest BCUT2D eigenvalue weighted by molar-refractivity contribution is 0.151. The van der Waals surface area contributed by atoms with Gasteiger partial charge >= 0.3 is 0 Å². The van der Waals surface area contributed by atoms with E-state index in [4.69, 9.17) is 0 Å². The third kappa shape index (κ3) is 1.39. The van der Waals surface area contributed by atoms with Gasteiger partial charge in [0.15, 0.2) is 5.13 Å². The summed E-state index contributed by atoms with van der Waals surface area (Å²) in [5.74, 6) is 0. The molecule has 0 atom stereocenters. The highest BCUT2D eigenvalue weighted by Crippen LogP contribution is 2.32. The smallest absolute Gasteiger partial charge is 0.205 e. The molecule has 0 saturated heterocycles. The Hall–Kier alpha value is -1.03. The highest BCUT2D eigenvalue weighted by molar-refractivity contribution is 7.17. The molecule has 0 spiro atoms. The molecule has 0 nitrogen and oxygen atoms in total. The molecule has 0 bridgehead atoms. The van der Waals surface area contributed by atoms with Crippen molar-refractivity contribution in [2.45, 2.75) is 13.3 Å². The van der Waals surface area contributed by atoms with E-state index in [1.54, 1.807) is 6.92 Å². The van der Waals surface area contributed by atoms with Crippen LogP contribution in [-0.4, -0.2) is 0 Å². The molecule has 1 aromatic carbocycles. The predicted molar refractivity (Wildman–Crippen MR) is 51.5 cm³/mol. The van der Waals surface area contributed by atoms with Crippen molar-refractivity contribution in [3.8, 4) is 0 Å². The molecular weight excluding hydrogens is 209 g/mol. The average Bonchev–Trinajstić information content (AvgIpc) is 2.46. The van der Waals surface area contributed by atoms with Crippen molar-refractivity contribution in [1.29, 1.82) is 0 Å². The summed E-state index contributed by atoms with van der Waals surface area (Å²) in [7, 11) is 0. The third-order valence-electron chi connectivity index (χ3n) is 2.22. The van der Waals surface area contributed by atoms with Crippen molar-refractivity contribution in [2.75, 3.05) is 0 Å². The van der Waals surface area contributed by atoms with Crippen LogP contribution in [0.3, 0.4) is 0 Å². The number of hydrogen-bond donors (Lipinski definition) is 0. The second kappa shape index (κ2) is 3.28. The normalized spacial score (nSPS) is 11.5. The van der Waals surface area contributed by atoms with Gasteiger partial charge in [-0.2, -0.15) is 4.39 Å². The summed E-state index contributed by atoms with van der Waals surface area (Å²) in [4.78, 5) is 0. The van der Waals surface area contributed by atoms with Crippen molar-refractivity contribution in [2.24, 2.45) is 0 Å². The van der Waals surface area contributed by atoms with Crippen LogP contribution < -0.4 is 0 Å². The van der Waals surface area contributed by atoms with Crippen LogP contribution in [0.25, 0.3) is 10.1 Å². The minimum Gasteiger partial charge on any atom is -0.205 e. The Bertz CT molecular complexity index is 473. The molecule has 74 valence electrons. The average molecular weight is 216 g/mol. The topological polar surface area (TPSA) is 0 Å². The van der Waals surface area contributed by atoms with Gasteiger partial charge in [0.2, 0.25) is 0 Å². The number of aryl methyl sites for hydroxylation is 1. The molecule has 0 N–H and O–H groups in total. The summed E-state index contributed by atoms with van der Waals surface area (Å²) in [6, 6.07) is 4.21. The van der Waals surface area contributed by atoms with Crippen molar-refractivity contribution < 1.29 is 13.2 Å². The van der Waals surface area contributed by atoms with E-state index in [2.05, 4.69) is 0 Å². The first-order valence-electron chi connectivity index (χ1n) is 4.06. The lowest BCUT2D eigenvalue weighted by Crippen LogP contribution is -1.88. The molecule has 0 aliphatic heterocycles. The monoisotopic (exact) mass is 216 g/mol. The molecule has 0 radical (unpaired) electrons. The molecule has 1 aromatic heterocycles. The maximum Gasteiger partial charge on any atom is 0.264 e. The van der Waals surface area contributed by atoms with E-state index in [1.165, 1.54) is 18.2 Å². The molecule has 0 saturated carbocycles. The Balaban J connectivity index is 2.74. The maximum atomic E-state index is 12.9. The first-order chi connectivity index (χ1) is 6.59. The molecule has 0 aliphatic carbocycles. The van der Waals surface area contributed by atoms with Crippen LogP contribution in [-0.2, 0) is 0 Å². The van der Waals surface area contributed by atoms with Gasteiger partial charge in [0.25, 0.3) is 6.43 Å². The van der Waals surface area contributed by atoms with Gasteiger partial charge in [0, 0.05) is 10.3 Å². The van der Waals surface area contributed by atoms with E-state index in [1.807, 2.05) is 0 Å². The van der Waals surface area contributed by atoms with E-state index >= 15 is 0 Å². The molecule has 1 heterocycles. The zero-order valence-electron chi connectivity index (χ0n) is 7.35. The Morgan fingerprint density at radius 3 is 2.64 bits per heavy atom. The lowest BCUT2D eigenvalue weighted by atomic mass is 10.1. The molecule has 4 heteroatoms. The maximum absolute atomic E-state index is 12.9. The molecular formula is C10H7F3S. The zero-order chi connectivity index (χ0) is 10.3. The quantitative estimate of drug-likeness (QED) is 0.667. The van der Waals surface area contributed by atoms with E-state index in [0.29, 0.717) is 15.6 Å². The number of halogens is 3. The van der Waals surface area contributed by atoms with Crippen molar-refractivity contribution in [3.63, 3.8) is 0 Å². The largest absolute Gasteiger partial charge is 0.264 e. The van der Waals surface area contributed by atoms with E-state index in [9.17, 15) is 13.2 Å². The highest BCUT2D eigenvalue weighted by Gasteiger charge is 2.13. The van der Waals surface area contributed by atoms with Gasteiger partial charge in [-0.15, -0.1) is 11.3 Å². The van der Waals surface area contributed by atoms with Gasteiger partial charge < -0.3 is 0 Å². The predicted octanol–water partition coefficient (Wildman–Crippen LogP) is 4.29. The zero-order valence-corrected chi connectivity index (χ0v) is 8.17. The van der Waals surface area contributed by atoms with Crippen molar-refractivity contribution in [3.05, 3.63) is 34.5 Å². The Morgan fingerprint density at radius 1 is 1.29 bits per heavy atom. The van der Waals surface area contributed by atoms with Crippen LogP contribution in [0, 0.1) is 12.1 Å². The van der Waals surface area contributed by atoms with Gasteiger partial charge in [-0.25, -0.2) is 8.78 Å². The summed E-state index contributed by atoms with van der Waals surface area (Å²) in [5, 5.41) is 0.250. The number of benzene rings is 1.